The van der Waals surface area contributed by atoms with Gasteiger partial charge in [-0.25, -0.2) is 4.79 Å². The summed E-state index contributed by atoms with van der Waals surface area (Å²) in [6.45, 7) is 0. The topological polar surface area (TPSA) is 132 Å². The second-order valence-electron chi connectivity index (χ2n) is 9.09. The zero-order chi connectivity index (χ0) is 27.6. The summed E-state index contributed by atoms with van der Waals surface area (Å²) in [6.07, 6.45) is 0. The smallest absolute Gasteiger partial charge is 0.323 e. The molecule has 6 rings (SSSR count). The maximum absolute atomic E-state index is 13.3. The lowest BCUT2D eigenvalue weighted by Crippen LogP contribution is -2.12. The van der Waals surface area contributed by atoms with Crippen molar-refractivity contribution >= 4 is 44.8 Å². The molecule has 196 valence electrons. The van der Waals surface area contributed by atoms with E-state index in [4.69, 9.17) is 4.74 Å². The highest BCUT2D eigenvalue weighted by atomic mass is 16.5. The van der Waals surface area contributed by atoms with Crippen molar-refractivity contribution in [2.75, 3.05) is 12.4 Å². The number of phenolic OH excluding ortho intramolecular Hbond substituents is 1. The molecule has 0 saturated heterocycles. The lowest BCUT2D eigenvalue weighted by atomic mass is 10.0. The highest BCUT2D eigenvalue weighted by Crippen LogP contribution is 2.41. The minimum Gasteiger partial charge on any atom is -0.505 e. The highest BCUT2D eigenvalue weighted by molar-refractivity contribution is 6.12. The normalized spacial score (nSPS) is 11.3. The number of aromatic hydroxyl groups is 1. The first-order valence-electron chi connectivity index (χ1n) is 12.4. The fraction of sp³-hybridized carbons (Fsp3) is 0.0323. The Balaban J connectivity index is 1.37. The molecule has 0 aliphatic heterocycles. The van der Waals surface area contributed by atoms with Gasteiger partial charge in [0.2, 0.25) is 0 Å². The predicted octanol–water partition coefficient (Wildman–Crippen LogP) is 7.06. The van der Waals surface area contributed by atoms with Crippen LogP contribution in [0.5, 0.6) is 11.5 Å². The Kier molecular flexibility index (Phi) is 6.29. The van der Waals surface area contributed by atoms with Gasteiger partial charge in [0.1, 0.15) is 17.1 Å². The Morgan fingerprint density at radius 1 is 0.825 bits per heavy atom. The molecule has 1 amide bonds. The molecule has 6 aromatic rings. The second-order valence-corrected chi connectivity index (χ2v) is 9.09. The van der Waals surface area contributed by atoms with Crippen LogP contribution in [0, 0.1) is 0 Å². The molecule has 0 unspecified atom stereocenters. The number of aromatic nitrogens is 2. The minimum atomic E-state index is -0.540. The number of nitrogens with zero attached hydrogens (tertiary/aromatic N) is 2. The number of nitrogens with one attached hydrogen (secondary N) is 3. The molecule has 9 nitrogen and oxygen atoms in total. The van der Waals surface area contributed by atoms with Crippen molar-refractivity contribution in [2.24, 2.45) is 10.2 Å². The average Bonchev–Trinajstić information content (AvgIpc) is 3.36. The Morgan fingerprint density at radius 3 is 2.42 bits per heavy atom. The maximum atomic E-state index is 13.3. The molecule has 40 heavy (non-hydrogen) atoms. The van der Waals surface area contributed by atoms with E-state index in [9.17, 15) is 14.7 Å². The Morgan fingerprint density at radius 2 is 1.60 bits per heavy atom. The summed E-state index contributed by atoms with van der Waals surface area (Å²) in [7, 11) is 1.56. The first kappa shape index (κ1) is 24.6. The molecule has 0 radical (unpaired) electrons. The molecule has 9 heteroatoms. The zero-order valence-corrected chi connectivity index (χ0v) is 21.3. The third-order valence-electron chi connectivity index (χ3n) is 6.56. The fourth-order valence-corrected chi connectivity index (χ4v) is 4.57. The SMILES string of the molecule is COc1cc(-c2ccccc2)ccc1N=Nc1c(O)c(C(=O)Nc2ccc3[nH]c(=O)[nH]c3c2)cc2ccccc12. The van der Waals surface area contributed by atoms with Crippen LogP contribution in [0.1, 0.15) is 10.4 Å². The third kappa shape index (κ3) is 4.67. The van der Waals surface area contributed by atoms with Crippen LogP contribution in [0.4, 0.5) is 17.1 Å². The first-order valence-corrected chi connectivity index (χ1v) is 12.4. The number of methoxy groups -OCH3 is 1. The number of amides is 1. The van der Waals surface area contributed by atoms with Gasteiger partial charge < -0.3 is 25.1 Å². The number of hydrogen-bond donors (Lipinski definition) is 4. The van der Waals surface area contributed by atoms with E-state index in [1.54, 1.807) is 43.5 Å². The monoisotopic (exact) mass is 529 g/mol. The van der Waals surface area contributed by atoms with Crippen LogP contribution in [-0.4, -0.2) is 28.1 Å². The average molecular weight is 530 g/mol. The number of fused-ring (bicyclic) bond motifs is 2. The van der Waals surface area contributed by atoms with E-state index in [-0.39, 0.29) is 22.7 Å². The summed E-state index contributed by atoms with van der Waals surface area (Å²) in [5, 5.41) is 24.1. The number of azo groups is 1. The van der Waals surface area contributed by atoms with Crippen molar-refractivity contribution in [1.29, 1.82) is 0 Å². The molecule has 1 heterocycles. The van der Waals surface area contributed by atoms with Crippen molar-refractivity contribution in [3.63, 3.8) is 0 Å². The van der Waals surface area contributed by atoms with E-state index in [0.717, 1.165) is 11.1 Å². The largest absolute Gasteiger partial charge is 0.505 e. The number of phenols is 1. The van der Waals surface area contributed by atoms with Gasteiger partial charge in [0.05, 0.1) is 23.7 Å². The zero-order valence-electron chi connectivity index (χ0n) is 21.3. The molecule has 0 saturated carbocycles. The van der Waals surface area contributed by atoms with Crippen molar-refractivity contribution in [1.82, 2.24) is 9.97 Å². The van der Waals surface area contributed by atoms with Gasteiger partial charge >= 0.3 is 5.69 Å². The van der Waals surface area contributed by atoms with Gasteiger partial charge in [-0.1, -0.05) is 60.7 Å². The van der Waals surface area contributed by atoms with E-state index < -0.39 is 5.91 Å². The number of carbonyl (C=O) groups excluding carboxylic acids is 1. The number of H-pyrrole nitrogens is 2. The second kappa shape index (κ2) is 10.2. The maximum Gasteiger partial charge on any atom is 0.323 e. The van der Waals surface area contributed by atoms with E-state index in [0.29, 0.717) is 38.9 Å². The molecule has 0 atom stereocenters. The predicted molar refractivity (Wildman–Crippen MR) is 155 cm³/mol. The summed E-state index contributed by atoms with van der Waals surface area (Å²) in [4.78, 5) is 30.2. The Labute approximate surface area is 227 Å². The van der Waals surface area contributed by atoms with Crippen LogP contribution >= 0.6 is 0 Å². The first-order chi connectivity index (χ1) is 19.5. The number of rotatable bonds is 6. The van der Waals surface area contributed by atoms with E-state index in [1.165, 1.54) is 0 Å². The van der Waals surface area contributed by atoms with Crippen LogP contribution < -0.4 is 15.7 Å². The summed E-state index contributed by atoms with van der Waals surface area (Å²) in [6, 6.07) is 29.4. The van der Waals surface area contributed by atoms with Gasteiger partial charge in [0, 0.05) is 11.1 Å². The van der Waals surface area contributed by atoms with Crippen LogP contribution in [0.25, 0.3) is 32.9 Å². The number of aromatic amines is 2. The summed E-state index contributed by atoms with van der Waals surface area (Å²) >= 11 is 0. The molecule has 1 aromatic heterocycles. The van der Waals surface area contributed by atoms with Crippen LogP contribution in [-0.2, 0) is 0 Å². The van der Waals surface area contributed by atoms with Crippen molar-refractivity contribution in [3.8, 4) is 22.6 Å². The lowest BCUT2D eigenvalue weighted by Gasteiger charge is -2.12. The Hall–Kier alpha value is -5.70. The van der Waals surface area contributed by atoms with Crippen LogP contribution in [0.3, 0.4) is 0 Å². The molecule has 0 aliphatic carbocycles. The highest BCUT2D eigenvalue weighted by Gasteiger charge is 2.19. The minimum absolute atomic E-state index is 0.0294. The fourth-order valence-electron chi connectivity index (χ4n) is 4.57. The van der Waals surface area contributed by atoms with Gasteiger partial charge in [-0.15, -0.1) is 10.2 Å². The summed E-state index contributed by atoms with van der Waals surface area (Å²) in [5.74, 6) is -0.335. The Bertz CT molecular complexity index is 1980. The van der Waals surface area contributed by atoms with E-state index in [2.05, 4.69) is 25.5 Å². The van der Waals surface area contributed by atoms with Gasteiger partial charge in [-0.3, -0.25) is 4.79 Å². The molecule has 0 bridgehead atoms. The quantitative estimate of drug-likeness (QED) is 0.172. The van der Waals surface area contributed by atoms with Gasteiger partial charge in [0.15, 0.2) is 5.75 Å². The van der Waals surface area contributed by atoms with Crippen LogP contribution in [0.15, 0.2) is 112 Å². The van der Waals surface area contributed by atoms with Gasteiger partial charge in [-0.2, -0.15) is 0 Å². The number of imidazole rings is 1. The van der Waals surface area contributed by atoms with E-state index in [1.807, 2.05) is 60.7 Å². The van der Waals surface area contributed by atoms with Crippen molar-refractivity contribution in [3.05, 3.63) is 113 Å². The molecule has 0 aliphatic rings. The molecule has 5 aromatic carbocycles. The van der Waals surface area contributed by atoms with Crippen molar-refractivity contribution < 1.29 is 14.6 Å². The molecule has 0 fully saturated rings. The van der Waals surface area contributed by atoms with Gasteiger partial charge in [-0.05, 0) is 52.9 Å². The molecule has 0 spiro atoms. The van der Waals surface area contributed by atoms with Crippen molar-refractivity contribution in [2.45, 2.75) is 0 Å². The standard InChI is InChI=1S/C31H23N5O4/c1-40-27-16-19(18-7-3-2-4-8-18)11-13-25(27)35-36-28-22-10-6-5-9-20(22)15-23(29(28)37)30(38)32-21-12-14-24-26(17-21)34-31(39)33-24/h2-17,37H,1H3,(H,32,38)(H2,33,34,39). The molecular weight excluding hydrogens is 506 g/mol. The van der Waals surface area contributed by atoms with E-state index >= 15 is 0 Å². The number of carbonyl (C=O) groups is 1. The number of anilines is 1. The third-order valence-corrected chi connectivity index (χ3v) is 6.56. The molecular formula is C31H23N5O4. The summed E-state index contributed by atoms with van der Waals surface area (Å²) in [5.41, 5.74) is 3.93. The number of benzene rings is 5. The van der Waals surface area contributed by atoms with Crippen LogP contribution in [0.2, 0.25) is 0 Å². The number of hydrogen-bond acceptors (Lipinski definition) is 6. The summed E-state index contributed by atoms with van der Waals surface area (Å²) < 4.78 is 5.57. The number of ether oxygens (including phenoxy) is 1. The molecule has 4 N–H and O–H groups in total. The lowest BCUT2D eigenvalue weighted by molar-refractivity contribution is 0.102. The van der Waals surface area contributed by atoms with Gasteiger partial charge in [0.25, 0.3) is 5.91 Å².